The Bertz CT molecular complexity index is 698. The van der Waals surface area contributed by atoms with Gasteiger partial charge in [-0.3, -0.25) is 24.7 Å². The van der Waals surface area contributed by atoms with Gasteiger partial charge in [-0.15, -0.1) is 0 Å². The summed E-state index contributed by atoms with van der Waals surface area (Å²) in [5, 5.41) is 10.8. The lowest BCUT2D eigenvalue weighted by atomic mass is 10.0. The quantitative estimate of drug-likeness (QED) is 0.297. The number of carbonyl (C=O) groups is 2. The maximum absolute atomic E-state index is 12.0. The van der Waals surface area contributed by atoms with Crippen LogP contribution in [0.1, 0.15) is 20.7 Å². The number of Topliss-reactive ketones (excluding diaryl/α,β-unsaturated/α-hetero) is 2. The Labute approximate surface area is 113 Å². The van der Waals surface area contributed by atoms with Crippen LogP contribution in [0.5, 0.6) is 0 Å². The van der Waals surface area contributed by atoms with E-state index in [1.165, 1.54) is 36.7 Å². The highest BCUT2D eigenvalue weighted by molar-refractivity contribution is 6.49. The molecule has 0 atom stereocenters. The van der Waals surface area contributed by atoms with Crippen LogP contribution in [0.3, 0.4) is 0 Å². The van der Waals surface area contributed by atoms with Crippen LogP contribution in [-0.2, 0) is 0 Å². The SMILES string of the molecule is Nc1ccc(C(=O)C(=O)c2cccnc2)cc1[N+](=O)[O-]. The minimum Gasteiger partial charge on any atom is -0.393 e. The number of pyridine rings is 1. The number of nitrogen functional groups attached to an aromatic ring is 1. The van der Waals surface area contributed by atoms with Crippen LogP contribution in [0, 0.1) is 10.1 Å². The molecule has 0 aliphatic rings. The second kappa shape index (κ2) is 5.27. The largest absolute Gasteiger partial charge is 0.393 e. The van der Waals surface area contributed by atoms with Crippen molar-refractivity contribution in [1.82, 2.24) is 4.98 Å². The summed E-state index contributed by atoms with van der Waals surface area (Å²) < 4.78 is 0. The zero-order valence-electron chi connectivity index (χ0n) is 10.1. The van der Waals surface area contributed by atoms with E-state index in [-0.39, 0.29) is 16.8 Å². The second-order valence-corrected chi connectivity index (χ2v) is 3.93. The van der Waals surface area contributed by atoms with Crippen molar-refractivity contribution in [3.63, 3.8) is 0 Å². The molecule has 7 nitrogen and oxygen atoms in total. The summed E-state index contributed by atoms with van der Waals surface area (Å²) >= 11 is 0. The zero-order chi connectivity index (χ0) is 14.7. The molecule has 2 N–H and O–H groups in total. The second-order valence-electron chi connectivity index (χ2n) is 3.93. The molecule has 0 bridgehead atoms. The van der Waals surface area contributed by atoms with Crippen LogP contribution in [0.25, 0.3) is 0 Å². The predicted molar refractivity (Wildman–Crippen MR) is 70.4 cm³/mol. The fourth-order valence-corrected chi connectivity index (χ4v) is 1.60. The first-order valence-electron chi connectivity index (χ1n) is 5.53. The highest BCUT2D eigenvalue weighted by Crippen LogP contribution is 2.23. The minimum atomic E-state index is -0.846. The summed E-state index contributed by atoms with van der Waals surface area (Å²) in [7, 11) is 0. The number of carbonyl (C=O) groups excluding carboxylic acids is 2. The molecule has 100 valence electrons. The van der Waals surface area contributed by atoms with Gasteiger partial charge in [0.1, 0.15) is 5.69 Å². The third kappa shape index (κ3) is 2.51. The molecule has 0 aliphatic carbocycles. The van der Waals surface area contributed by atoms with E-state index in [0.29, 0.717) is 0 Å². The summed E-state index contributed by atoms with van der Waals surface area (Å²) in [6.45, 7) is 0. The number of rotatable bonds is 4. The molecule has 0 radical (unpaired) electrons. The molecule has 0 amide bonds. The first-order valence-corrected chi connectivity index (χ1v) is 5.53. The highest BCUT2D eigenvalue weighted by Gasteiger charge is 2.21. The van der Waals surface area contributed by atoms with Crippen molar-refractivity contribution in [3.8, 4) is 0 Å². The van der Waals surface area contributed by atoms with Crippen molar-refractivity contribution in [3.05, 3.63) is 64.0 Å². The summed E-state index contributed by atoms with van der Waals surface area (Å²) in [6, 6.07) is 6.46. The standard InChI is InChI=1S/C13H9N3O4/c14-10-4-3-8(6-11(10)16(19)20)12(17)13(18)9-2-1-5-15-7-9/h1-7H,14H2. The van der Waals surface area contributed by atoms with Crippen molar-refractivity contribution >= 4 is 22.9 Å². The molecular formula is C13H9N3O4. The maximum atomic E-state index is 12.0. The number of aromatic nitrogens is 1. The van der Waals surface area contributed by atoms with Gasteiger partial charge >= 0.3 is 0 Å². The molecule has 0 saturated heterocycles. The lowest BCUT2D eigenvalue weighted by Crippen LogP contribution is -2.15. The Balaban J connectivity index is 2.37. The highest BCUT2D eigenvalue weighted by atomic mass is 16.6. The number of nitro benzene ring substituents is 1. The van der Waals surface area contributed by atoms with Gasteiger partial charge in [-0.05, 0) is 24.3 Å². The van der Waals surface area contributed by atoms with E-state index in [2.05, 4.69) is 4.98 Å². The first kappa shape index (κ1) is 13.3. The number of nitrogens with zero attached hydrogens (tertiary/aromatic N) is 2. The molecule has 1 heterocycles. The van der Waals surface area contributed by atoms with Crippen LogP contribution >= 0.6 is 0 Å². The molecule has 0 fully saturated rings. The van der Waals surface area contributed by atoms with Gasteiger partial charge in [-0.2, -0.15) is 0 Å². The zero-order valence-corrected chi connectivity index (χ0v) is 10.1. The number of ketones is 2. The average Bonchev–Trinajstić information content (AvgIpc) is 2.47. The van der Waals surface area contributed by atoms with Gasteiger partial charge in [0.2, 0.25) is 11.6 Å². The number of hydrogen-bond donors (Lipinski definition) is 1. The van der Waals surface area contributed by atoms with Crippen LogP contribution < -0.4 is 5.73 Å². The monoisotopic (exact) mass is 271 g/mol. The van der Waals surface area contributed by atoms with E-state index >= 15 is 0 Å². The van der Waals surface area contributed by atoms with E-state index in [4.69, 9.17) is 5.73 Å². The normalized spacial score (nSPS) is 10.0. The Morgan fingerprint density at radius 3 is 2.45 bits per heavy atom. The maximum Gasteiger partial charge on any atom is 0.292 e. The molecule has 2 rings (SSSR count). The molecule has 20 heavy (non-hydrogen) atoms. The van der Waals surface area contributed by atoms with E-state index in [0.717, 1.165) is 6.07 Å². The van der Waals surface area contributed by atoms with Crippen LogP contribution in [0.4, 0.5) is 11.4 Å². The molecule has 0 unspecified atom stereocenters. The third-order valence-electron chi connectivity index (χ3n) is 2.62. The molecule has 7 heteroatoms. The molecule has 0 saturated carbocycles. The van der Waals surface area contributed by atoms with Crippen molar-refractivity contribution < 1.29 is 14.5 Å². The van der Waals surface area contributed by atoms with Gasteiger partial charge < -0.3 is 5.73 Å². The molecule has 1 aromatic carbocycles. The van der Waals surface area contributed by atoms with E-state index in [9.17, 15) is 19.7 Å². The van der Waals surface area contributed by atoms with E-state index in [1.54, 1.807) is 0 Å². The number of nitrogens with two attached hydrogens (primary N) is 1. The van der Waals surface area contributed by atoms with Gasteiger partial charge in [0.05, 0.1) is 4.92 Å². The number of nitro groups is 1. The summed E-state index contributed by atoms with van der Waals surface area (Å²) in [4.78, 5) is 37.7. The first-order chi connectivity index (χ1) is 9.50. The summed E-state index contributed by atoms with van der Waals surface area (Å²) in [5.41, 5.74) is 4.99. The van der Waals surface area contributed by atoms with Crippen molar-refractivity contribution in [2.75, 3.05) is 5.73 Å². The number of hydrogen-bond acceptors (Lipinski definition) is 6. The number of anilines is 1. The van der Waals surface area contributed by atoms with Crippen LogP contribution in [0.2, 0.25) is 0 Å². The Morgan fingerprint density at radius 2 is 1.85 bits per heavy atom. The Hall–Kier alpha value is -3.09. The molecule has 2 aromatic rings. The third-order valence-corrected chi connectivity index (χ3v) is 2.62. The fraction of sp³-hybridized carbons (Fsp3) is 0. The fourth-order valence-electron chi connectivity index (χ4n) is 1.60. The van der Waals surface area contributed by atoms with Gasteiger partial charge in [-0.1, -0.05) is 0 Å². The topological polar surface area (TPSA) is 116 Å². The van der Waals surface area contributed by atoms with Crippen LogP contribution in [0.15, 0.2) is 42.7 Å². The summed E-state index contributed by atoms with van der Waals surface area (Å²) in [5.74, 6) is -1.63. The van der Waals surface area contributed by atoms with Crippen molar-refractivity contribution in [1.29, 1.82) is 0 Å². The van der Waals surface area contributed by atoms with Crippen molar-refractivity contribution in [2.45, 2.75) is 0 Å². The van der Waals surface area contributed by atoms with Gasteiger partial charge in [0, 0.05) is 29.6 Å². The lowest BCUT2D eigenvalue weighted by molar-refractivity contribution is -0.383. The Morgan fingerprint density at radius 1 is 1.15 bits per heavy atom. The lowest BCUT2D eigenvalue weighted by Gasteiger charge is -2.02. The van der Waals surface area contributed by atoms with Crippen molar-refractivity contribution in [2.24, 2.45) is 0 Å². The van der Waals surface area contributed by atoms with Gasteiger partial charge in [0.15, 0.2) is 0 Å². The van der Waals surface area contributed by atoms with Gasteiger partial charge in [-0.25, -0.2) is 0 Å². The average molecular weight is 271 g/mol. The summed E-state index contributed by atoms with van der Waals surface area (Å²) in [6.07, 6.45) is 2.72. The molecular weight excluding hydrogens is 262 g/mol. The van der Waals surface area contributed by atoms with E-state index in [1.807, 2.05) is 0 Å². The molecule has 0 spiro atoms. The van der Waals surface area contributed by atoms with Gasteiger partial charge in [0.25, 0.3) is 5.69 Å². The predicted octanol–water partition coefficient (Wildman–Crippen LogP) is 1.64. The molecule has 0 aliphatic heterocycles. The molecule has 1 aromatic heterocycles. The number of benzene rings is 1. The minimum absolute atomic E-state index is 0.0691. The van der Waals surface area contributed by atoms with E-state index < -0.39 is 22.2 Å². The smallest absolute Gasteiger partial charge is 0.292 e. The Kier molecular flexibility index (Phi) is 3.52. The van der Waals surface area contributed by atoms with Crippen LogP contribution in [-0.4, -0.2) is 21.5 Å².